The summed E-state index contributed by atoms with van der Waals surface area (Å²) in [6.07, 6.45) is -3.38. The Hall–Kier alpha value is -1.98. The van der Waals surface area contributed by atoms with E-state index in [1.54, 1.807) is 0 Å². The van der Waals surface area contributed by atoms with Crippen LogP contribution in [0.5, 0.6) is 0 Å². The Bertz CT molecular complexity index is 910. The van der Waals surface area contributed by atoms with Gasteiger partial charge in [-0.15, -0.1) is 10.2 Å². The third-order valence-electron chi connectivity index (χ3n) is 3.16. The molecular weight excluding hydrogens is 407 g/mol. The first-order valence-corrected chi connectivity index (χ1v) is 9.63. The van der Waals surface area contributed by atoms with Crippen molar-refractivity contribution in [3.05, 3.63) is 51.5 Å². The first-order valence-electron chi connectivity index (χ1n) is 7.18. The summed E-state index contributed by atoms with van der Waals surface area (Å²) in [4.78, 5) is 13.6. The number of carboxylic acids is 1. The molecule has 0 saturated carbocycles. The van der Waals surface area contributed by atoms with Crippen molar-refractivity contribution in [2.24, 2.45) is 0 Å². The highest BCUT2D eigenvalue weighted by atomic mass is 32.2. The van der Waals surface area contributed by atoms with Gasteiger partial charge >= 0.3 is 12.1 Å². The zero-order chi connectivity index (χ0) is 18.7. The summed E-state index contributed by atoms with van der Waals surface area (Å²) < 4.78 is 39.0. The second-order valence-electron chi connectivity index (χ2n) is 5.01. The molecule has 0 amide bonds. The minimum absolute atomic E-state index is 0.0273. The molecular formula is C15H10F3N3O2S3. The van der Waals surface area contributed by atoms with Gasteiger partial charge in [0.15, 0.2) is 14.4 Å². The second-order valence-corrected chi connectivity index (χ2v) is 8.57. The van der Waals surface area contributed by atoms with E-state index in [1.807, 2.05) is 30.3 Å². The minimum Gasteiger partial charge on any atom is -0.477 e. The lowest BCUT2D eigenvalue weighted by Crippen LogP contribution is -2.11. The average molecular weight is 417 g/mol. The number of hydrogen-bond acceptors (Lipinski definition) is 7. The zero-order valence-electron chi connectivity index (χ0n) is 12.9. The number of rotatable bonds is 6. The van der Waals surface area contributed by atoms with Crippen LogP contribution in [-0.4, -0.2) is 26.3 Å². The van der Waals surface area contributed by atoms with E-state index in [1.165, 1.54) is 11.3 Å². The Morgan fingerprint density at radius 3 is 2.42 bits per heavy atom. The van der Waals surface area contributed by atoms with Gasteiger partial charge in [0.25, 0.3) is 0 Å². The Labute approximate surface area is 157 Å². The van der Waals surface area contributed by atoms with E-state index >= 15 is 0 Å². The van der Waals surface area contributed by atoms with Gasteiger partial charge in [-0.1, -0.05) is 53.0 Å². The van der Waals surface area contributed by atoms with Crippen LogP contribution in [0.3, 0.4) is 0 Å². The molecule has 0 bridgehead atoms. The van der Waals surface area contributed by atoms with E-state index in [-0.39, 0.29) is 4.34 Å². The molecule has 0 aliphatic heterocycles. The van der Waals surface area contributed by atoms with Crippen molar-refractivity contribution in [1.29, 1.82) is 0 Å². The fourth-order valence-electron chi connectivity index (χ4n) is 2.03. The summed E-state index contributed by atoms with van der Waals surface area (Å²) in [6.45, 7) is 0. The lowest BCUT2D eigenvalue weighted by molar-refractivity contribution is -0.141. The predicted molar refractivity (Wildman–Crippen MR) is 92.0 cm³/mol. The van der Waals surface area contributed by atoms with Crippen molar-refractivity contribution >= 4 is 40.4 Å². The number of benzene rings is 1. The second kappa shape index (κ2) is 7.72. The van der Waals surface area contributed by atoms with Gasteiger partial charge in [-0.05, 0) is 23.7 Å². The Kier molecular flexibility index (Phi) is 5.58. The van der Waals surface area contributed by atoms with Crippen LogP contribution >= 0.6 is 34.4 Å². The summed E-state index contributed by atoms with van der Waals surface area (Å²) in [6, 6.07) is 9.81. The van der Waals surface area contributed by atoms with Crippen molar-refractivity contribution in [2.75, 3.05) is 0 Å². The molecule has 2 heterocycles. The molecule has 0 fully saturated rings. The third-order valence-corrected chi connectivity index (χ3v) is 6.30. The number of carbonyl (C=O) groups is 1. The molecule has 0 radical (unpaired) electrons. The normalized spacial score (nSPS) is 11.7. The number of carboxylic acid groups (broad SMARTS) is 1. The summed E-state index contributed by atoms with van der Waals surface area (Å²) in [5, 5.41) is 17.6. The van der Waals surface area contributed by atoms with Crippen LogP contribution in [0.4, 0.5) is 13.2 Å². The molecule has 1 aromatic carbocycles. The van der Waals surface area contributed by atoms with E-state index in [2.05, 4.69) is 15.2 Å². The molecule has 136 valence electrons. The fourth-order valence-corrected chi connectivity index (χ4v) is 5.13. The maximum Gasteiger partial charge on any atom is 0.435 e. The molecule has 1 N–H and O–H groups in total. The molecule has 11 heteroatoms. The monoisotopic (exact) mass is 417 g/mol. The summed E-state index contributed by atoms with van der Waals surface area (Å²) in [5.41, 5.74) is -0.232. The number of aryl methyl sites for hydroxylation is 2. The Morgan fingerprint density at radius 2 is 1.81 bits per heavy atom. The number of aromatic nitrogens is 3. The van der Waals surface area contributed by atoms with Crippen molar-refractivity contribution in [3.8, 4) is 0 Å². The van der Waals surface area contributed by atoms with Crippen LogP contribution in [0.1, 0.15) is 25.9 Å². The standard InChI is InChI=1S/C15H10F3N3O2S3/c16-15(17,18)11-10(12(22)23)25-13(19-11)26-14-21-20-9(24-14)7-6-8-4-2-1-3-5-8/h1-5H,6-7H2,(H,22,23). The third kappa shape index (κ3) is 4.59. The van der Waals surface area contributed by atoms with E-state index in [9.17, 15) is 18.0 Å². The van der Waals surface area contributed by atoms with Crippen LogP contribution in [0, 0.1) is 0 Å². The first-order chi connectivity index (χ1) is 12.3. The SMILES string of the molecule is O=C(O)c1sc(Sc2nnc(CCc3ccccc3)s2)nc1C(F)(F)F. The zero-order valence-corrected chi connectivity index (χ0v) is 15.3. The highest BCUT2D eigenvalue weighted by Gasteiger charge is 2.40. The summed E-state index contributed by atoms with van der Waals surface area (Å²) in [5.74, 6) is -1.65. The van der Waals surface area contributed by atoms with Gasteiger partial charge < -0.3 is 5.11 Å². The summed E-state index contributed by atoms with van der Waals surface area (Å²) >= 11 is 2.62. The van der Waals surface area contributed by atoms with Gasteiger partial charge in [0.05, 0.1) is 0 Å². The fraction of sp³-hybridized carbons (Fsp3) is 0.200. The number of aromatic carboxylic acids is 1. The molecule has 3 aromatic rings. The molecule has 0 aliphatic rings. The highest BCUT2D eigenvalue weighted by molar-refractivity contribution is 8.02. The number of alkyl halides is 3. The molecule has 26 heavy (non-hydrogen) atoms. The highest BCUT2D eigenvalue weighted by Crippen LogP contribution is 2.40. The van der Waals surface area contributed by atoms with Gasteiger partial charge in [0.2, 0.25) is 0 Å². The van der Waals surface area contributed by atoms with Gasteiger partial charge in [0, 0.05) is 6.42 Å². The molecule has 0 aliphatic carbocycles. The van der Waals surface area contributed by atoms with Crippen LogP contribution in [-0.2, 0) is 19.0 Å². The van der Waals surface area contributed by atoms with Gasteiger partial charge in [-0.3, -0.25) is 0 Å². The van der Waals surface area contributed by atoms with E-state index < -0.39 is 22.7 Å². The quantitative estimate of drug-likeness (QED) is 0.629. The number of hydrogen-bond donors (Lipinski definition) is 1. The van der Waals surface area contributed by atoms with Crippen molar-refractivity contribution in [2.45, 2.75) is 27.7 Å². The van der Waals surface area contributed by atoms with Crippen LogP contribution in [0.2, 0.25) is 0 Å². The minimum atomic E-state index is -4.81. The first kappa shape index (κ1) is 18.8. The van der Waals surface area contributed by atoms with Crippen LogP contribution in [0.25, 0.3) is 0 Å². The molecule has 3 rings (SSSR count). The van der Waals surface area contributed by atoms with Gasteiger partial charge in [0.1, 0.15) is 9.88 Å². The van der Waals surface area contributed by atoms with Gasteiger partial charge in [-0.25, -0.2) is 9.78 Å². The Balaban J connectivity index is 1.70. The van der Waals surface area contributed by atoms with Crippen molar-refractivity contribution in [1.82, 2.24) is 15.2 Å². The molecule has 0 unspecified atom stereocenters. The van der Waals surface area contributed by atoms with Crippen molar-refractivity contribution < 1.29 is 23.1 Å². The number of nitrogens with zero attached hydrogens (tertiary/aromatic N) is 3. The molecule has 5 nitrogen and oxygen atoms in total. The molecule has 2 aromatic heterocycles. The topological polar surface area (TPSA) is 76.0 Å². The van der Waals surface area contributed by atoms with Crippen molar-refractivity contribution in [3.63, 3.8) is 0 Å². The molecule has 0 atom stereocenters. The number of thiazole rings is 1. The van der Waals surface area contributed by atoms with E-state index in [0.29, 0.717) is 22.1 Å². The Morgan fingerprint density at radius 1 is 1.08 bits per heavy atom. The number of halogens is 3. The predicted octanol–water partition coefficient (Wildman–Crippen LogP) is 4.65. The average Bonchev–Trinajstić information content (AvgIpc) is 3.21. The largest absolute Gasteiger partial charge is 0.477 e. The summed E-state index contributed by atoms with van der Waals surface area (Å²) in [7, 11) is 0. The maximum atomic E-state index is 12.9. The lowest BCUT2D eigenvalue weighted by Gasteiger charge is -2.02. The van der Waals surface area contributed by atoms with E-state index in [4.69, 9.17) is 5.11 Å². The lowest BCUT2D eigenvalue weighted by atomic mass is 10.1. The molecule has 0 spiro atoms. The van der Waals surface area contributed by atoms with Gasteiger partial charge in [-0.2, -0.15) is 13.2 Å². The molecule has 0 saturated heterocycles. The maximum absolute atomic E-state index is 12.9. The van der Waals surface area contributed by atoms with Crippen LogP contribution in [0.15, 0.2) is 39.0 Å². The smallest absolute Gasteiger partial charge is 0.435 e. The van der Waals surface area contributed by atoms with E-state index in [0.717, 1.165) is 28.8 Å². The van der Waals surface area contributed by atoms with Crippen LogP contribution < -0.4 is 0 Å².